The molecule has 0 saturated carbocycles. The average molecular weight is 476 g/mol. The highest BCUT2D eigenvalue weighted by molar-refractivity contribution is 6.39. The van der Waals surface area contributed by atoms with E-state index >= 15 is 0 Å². The zero-order chi connectivity index (χ0) is 23.1. The predicted molar refractivity (Wildman–Crippen MR) is 123 cm³/mol. The first-order chi connectivity index (χ1) is 15.4. The van der Waals surface area contributed by atoms with Crippen LogP contribution in [-0.2, 0) is 20.7 Å². The number of hydrogen-bond acceptors (Lipinski definition) is 6. The predicted octanol–water partition coefficient (Wildman–Crippen LogP) is 4.34. The van der Waals surface area contributed by atoms with Gasteiger partial charge in [-0.15, -0.1) is 0 Å². The third-order valence-corrected chi connectivity index (χ3v) is 5.46. The van der Waals surface area contributed by atoms with Crippen molar-refractivity contribution in [3.8, 4) is 0 Å². The van der Waals surface area contributed by atoms with E-state index in [0.717, 1.165) is 17.7 Å². The Balaban J connectivity index is 1.70. The van der Waals surface area contributed by atoms with Gasteiger partial charge in [-0.05, 0) is 37.5 Å². The minimum atomic E-state index is -0.638. The van der Waals surface area contributed by atoms with Crippen molar-refractivity contribution in [1.82, 2.24) is 10.3 Å². The van der Waals surface area contributed by atoms with Gasteiger partial charge in [0.1, 0.15) is 6.04 Å². The van der Waals surface area contributed by atoms with Gasteiger partial charge in [-0.25, -0.2) is 4.79 Å². The number of aromatic nitrogens is 1. The number of anilines is 1. The molecule has 0 aliphatic heterocycles. The number of pyridine rings is 1. The summed E-state index contributed by atoms with van der Waals surface area (Å²) in [5, 5.41) is 6.31. The Labute approximate surface area is 196 Å². The standard InChI is InChI=1S/C23H23Cl2N3O4/c1-2-32-23(31)20(27-16-4-3-5-17(29)11-16)10-14-6-8-15(9-7-14)22(30)28-21-18(24)12-26-13-19(21)25/h6-9,11-13,20,27H,2-5,10H2,1H3,(H,26,28,30)/t20-/m0/s1. The lowest BCUT2D eigenvalue weighted by atomic mass is 10.0. The fourth-order valence-electron chi connectivity index (χ4n) is 3.31. The molecule has 2 aromatic rings. The Morgan fingerprint density at radius 3 is 2.44 bits per heavy atom. The largest absolute Gasteiger partial charge is 0.464 e. The Morgan fingerprint density at radius 1 is 1.12 bits per heavy atom. The van der Waals surface area contributed by atoms with Crippen LogP contribution in [-0.4, -0.2) is 35.3 Å². The molecule has 168 valence electrons. The molecular weight excluding hydrogens is 453 g/mol. The van der Waals surface area contributed by atoms with E-state index in [-0.39, 0.29) is 28.3 Å². The summed E-state index contributed by atoms with van der Waals surface area (Å²) in [7, 11) is 0. The zero-order valence-electron chi connectivity index (χ0n) is 17.5. The maximum Gasteiger partial charge on any atom is 0.328 e. The quantitative estimate of drug-likeness (QED) is 0.551. The molecule has 0 saturated heterocycles. The van der Waals surface area contributed by atoms with Crippen LogP contribution >= 0.6 is 23.2 Å². The molecule has 9 heteroatoms. The van der Waals surface area contributed by atoms with E-state index in [1.807, 2.05) is 0 Å². The number of hydrogen-bond donors (Lipinski definition) is 2. The summed E-state index contributed by atoms with van der Waals surface area (Å²) < 4.78 is 5.19. The topological polar surface area (TPSA) is 97.4 Å². The molecule has 3 rings (SSSR count). The number of rotatable bonds is 8. The van der Waals surface area contributed by atoms with Crippen LogP contribution in [0.3, 0.4) is 0 Å². The van der Waals surface area contributed by atoms with Gasteiger partial charge in [0, 0.05) is 42.6 Å². The second kappa shape index (κ2) is 11.1. The van der Waals surface area contributed by atoms with Gasteiger partial charge in [-0.3, -0.25) is 14.6 Å². The smallest absolute Gasteiger partial charge is 0.328 e. The number of ketones is 1. The summed E-state index contributed by atoms with van der Waals surface area (Å²) in [6, 6.07) is 6.19. The number of carbonyl (C=O) groups excluding carboxylic acids is 3. The molecule has 0 unspecified atom stereocenters. The first-order valence-electron chi connectivity index (χ1n) is 10.2. The summed E-state index contributed by atoms with van der Waals surface area (Å²) in [6.07, 6.45) is 6.67. The van der Waals surface area contributed by atoms with Crippen LogP contribution in [0.15, 0.2) is 48.4 Å². The Kier molecular flexibility index (Phi) is 8.25. The first-order valence-corrected chi connectivity index (χ1v) is 11.0. The SMILES string of the molecule is CCOC(=O)[C@H](Cc1ccc(C(=O)Nc2c(Cl)cncc2Cl)cc1)NC1=CC(=O)CCC1. The molecule has 1 amide bonds. The van der Waals surface area contributed by atoms with Crippen LogP contribution in [0.4, 0.5) is 5.69 Å². The summed E-state index contributed by atoms with van der Waals surface area (Å²) in [6.45, 7) is 2.00. The summed E-state index contributed by atoms with van der Waals surface area (Å²) in [5.74, 6) is -0.723. The normalized spacial score (nSPS) is 14.3. The van der Waals surface area contributed by atoms with Crippen molar-refractivity contribution in [3.05, 3.63) is 69.6 Å². The monoisotopic (exact) mass is 475 g/mol. The number of ether oxygens (including phenoxy) is 1. The Hall–Kier alpha value is -2.90. The van der Waals surface area contributed by atoms with E-state index < -0.39 is 12.0 Å². The highest BCUT2D eigenvalue weighted by atomic mass is 35.5. The number of halogens is 2. The molecular formula is C23H23Cl2N3O4. The van der Waals surface area contributed by atoms with Gasteiger partial charge < -0.3 is 15.4 Å². The highest BCUT2D eigenvalue weighted by Crippen LogP contribution is 2.29. The second-order valence-corrected chi connectivity index (χ2v) is 8.09. The van der Waals surface area contributed by atoms with Crippen molar-refractivity contribution in [1.29, 1.82) is 0 Å². The van der Waals surface area contributed by atoms with Crippen molar-refractivity contribution in [2.75, 3.05) is 11.9 Å². The van der Waals surface area contributed by atoms with Crippen molar-refractivity contribution >= 4 is 46.5 Å². The molecule has 0 fully saturated rings. The number of nitrogens with one attached hydrogen (secondary N) is 2. The molecule has 1 aliphatic carbocycles. The molecule has 7 nitrogen and oxygen atoms in total. The van der Waals surface area contributed by atoms with Crippen molar-refractivity contribution in [3.63, 3.8) is 0 Å². The lowest BCUT2D eigenvalue weighted by molar-refractivity contribution is -0.145. The van der Waals surface area contributed by atoms with E-state index in [9.17, 15) is 14.4 Å². The van der Waals surface area contributed by atoms with Crippen LogP contribution < -0.4 is 10.6 Å². The van der Waals surface area contributed by atoms with Crippen molar-refractivity contribution < 1.29 is 19.1 Å². The molecule has 32 heavy (non-hydrogen) atoms. The number of amides is 1. The van der Waals surface area contributed by atoms with Gasteiger partial charge in [0.2, 0.25) is 0 Å². The van der Waals surface area contributed by atoms with E-state index in [0.29, 0.717) is 30.5 Å². The fourth-order valence-corrected chi connectivity index (χ4v) is 3.77. The lowest BCUT2D eigenvalue weighted by Gasteiger charge is -2.22. The molecule has 1 aromatic carbocycles. The van der Waals surface area contributed by atoms with Crippen LogP contribution in [0.5, 0.6) is 0 Å². The molecule has 0 spiro atoms. The van der Waals surface area contributed by atoms with Crippen LogP contribution in [0.1, 0.15) is 42.1 Å². The molecule has 1 heterocycles. The van der Waals surface area contributed by atoms with E-state index in [1.165, 1.54) is 12.4 Å². The van der Waals surface area contributed by atoms with E-state index in [4.69, 9.17) is 27.9 Å². The molecule has 0 bridgehead atoms. The Bertz CT molecular complexity index is 1020. The number of benzene rings is 1. The molecule has 1 aliphatic rings. The molecule has 2 N–H and O–H groups in total. The van der Waals surface area contributed by atoms with Crippen molar-refractivity contribution in [2.45, 2.75) is 38.6 Å². The second-order valence-electron chi connectivity index (χ2n) is 7.27. The number of esters is 1. The van der Waals surface area contributed by atoms with Gasteiger partial charge in [0.05, 0.1) is 22.3 Å². The maximum atomic E-state index is 12.6. The molecule has 0 radical (unpaired) electrons. The van der Waals surface area contributed by atoms with E-state index in [2.05, 4.69) is 15.6 Å². The minimum Gasteiger partial charge on any atom is -0.464 e. The maximum absolute atomic E-state index is 12.6. The third kappa shape index (κ3) is 6.31. The lowest BCUT2D eigenvalue weighted by Crippen LogP contribution is -2.40. The summed E-state index contributed by atoms with van der Waals surface area (Å²) in [4.78, 5) is 40.6. The fraction of sp³-hybridized carbons (Fsp3) is 0.304. The van der Waals surface area contributed by atoms with Crippen molar-refractivity contribution in [2.24, 2.45) is 0 Å². The van der Waals surface area contributed by atoms with Crippen LogP contribution in [0.25, 0.3) is 0 Å². The van der Waals surface area contributed by atoms with Gasteiger partial charge in [0.15, 0.2) is 5.78 Å². The van der Waals surface area contributed by atoms with Gasteiger partial charge in [-0.2, -0.15) is 0 Å². The van der Waals surface area contributed by atoms with Gasteiger partial charge in [-0.1, -0.05) is 35.3 Å². The van der Waals surface area contributed by atoms with Gasteiger partial charge >= 0.3 is 5.97 Å². The number of nitrogens with zero attached hydrogens (tertiary/aromatic N) is 1. The first kappa shape index (κ1) is 23.8. The molecule has 1 atom stereocenters. The van der Waals surface area contributed by atoms with Crippen LogP contribution in [0.2, 0.25) is 10.0 Å². The third-order valence-electron chi connectivity index (χ3n) is 4.88. The average Bonchev–Trinajstić information content (AvgIpc) is 2.76. The van der Waals surface area contributed by atoms with E-state index in [1.54, 1.807) is 37.3 Å². The zero-order valence-corrected chi connectivity index (χ0v) is 19.0. The van der Waals surface area contributed by atoms with Crippen LogP contribution in [0, 0.1) is 0 Å². The molecule has 1 aromatic heterocycles. The number of allylic oxidation sites excluding steroid dienone is 2. The Morgan fingerprint density at radius 2 is 1.81 bits per heavy atom. The summed E-state index contributed by atoms with van der Waals surface area (Å²) >= 11 is 12.1. The van der Waals surface area contributed by atoms with Gasteiger partial charge in [0.25, 0.3) is 5.91 Å². The number of carbonyl (C=O) groups is 3. The highest BCUT2D eigenvalue weighted by Gasteiger charge is 2.23. The summed E-state index contributed by atoms with van der Waals surface area (Å²) in [5.41, 5.74) is 2.26. The minimum absolute atomic E-state index is 0.0473.